The van der Waals surface area contributed by atoms with E-state index in [0.29, 0.717) is 12.8 Å². The highest BCUT2D eigenvalue weighted by Gasteiger charge is 2.26. The Morgan fingerprint density at radius 3 is 1.49 bits per heavy atom. The number of hydrogen-bond donors (Lipinski definition) is 3. The monoisotopic (exact) mass is 656 g/mol. The number of carbonyl (C=O) groups is 1. The van der Waals surface area contributed by atoms with E-state index < -0.39 is 28.0 Å². The molecule has 0 spiro atoms. The van der Waals surface area contributed by atoms with Crippen LogP contribution in [-0.2, 0) is 14.9 Å². The lowest BCUT2D eigenvalue weighted by Gasteiger charge is -2.23. The average molecular weight is 656 g/mol. The molecule has 3 N–H and O–H groups in total. The minimum Gasteiger partial charge on any atom is -0.391 e. The predicted molar refractivity (Wildman–Crippen MR) is 193 cm³/mol. The quantitative estimate of drug-likeness (QED) is 0.0363. The van der Waals surface area contributed by atoms with Gasteiger partial charge in [0.25, 0.3) is 10.1 Å². The van der Waals surface area contributed by atoms with Crippen molar-refractivity contribution in [2.45, 2.75) is 206 Å². The Bertz CT molecular complexity index is 811. The van der Waals surface area contributed by atoms with Gasteiger partial charge in [-0.3, -0.25) is 9.35 Å². The molecule has 0 aromatic heterocycles. The van der Waals surface area contributed by atoms with Crippen molar-refractivity contribution in [3.63, 3.8) is 0 Å². The highest BCUT2D eigenvalue weighted by Crippen LogP contribution is 2.15. The average Bonchev–Trinajstić information content (AvgIpc) is 3.00. The molecule has 0 aliphatic rings. The summed E-state index contributed by atoms with van der Waals surface area (Å²) in [4.78, 5) is 12.5. The molecule has 1 amide bonds. The van der Waals surface area contributed by atoms with Crippen molar-refractivity contribution in [3.8, 4) is 0 Å². The zero-order valence-electron chi connectivity index (χ0n) is 29.5. The highest BCUT2D eigenvalue weighted by molar-refractivity contribution is 7.85. The molecule has 2 unspecified atom stereocenters. The molecule has 266 valence electrons. The topological polar surface area (TPSA) is 104 Å². The van der Waals surface area contributed by atoms with E-state index >= 15 is 0 Å². The van der Waals surface area contributed by atoms with Gasteiger partial charge in [-0.1, -0.05) is 167 Å². The fourth-order valence-electron chi connectivity index (χ4n) is 5.78. The Kier molecular flexibility index (Phi) is 31.9. The number of nitrogens with one attached hydrogen (secondary N) is 1. The Labute approximate surface area is 279 Å². The lowest BCUT2D eigenvalue weighted by Crippen LogP contribution is -2.47. The molecule has 6 nitrogen and oxygen atoms in total. The van der Waals surface area contributed by atoms with Gasteiger partial charge in [-0.15, -0.1) is 0 Å². The van der Waals surface area contributed by atoms with Crippen LogP contribution < -0.4 is 5.32 Å². The summed E-state index contributed by atoms with van der Waals surface area (Å²) in [6.45, 7) is 4.47. The fourth-order valence-corrected chi connectivity index (χ4v) is 6.54. The van der Waals surface area contributed by atoms with Crippen LogP contribution >= 0.6 is 0 Å². The van der Waals surface area contributed by atoms with E-state index in [1.54, 1.807) is 0 Å². The molecule has 2 atom stereocenters. The predicted octanol–water partition coefficient (Wildman–Crippen LogP) is 10.8. The van der Waals surface area contributed by atoms with E-state index in [1.165, 1.54) is 122 Å². The first-order chi connectivity index (χ1) is 21.8. The highest BCUT2D eigenvalue weighted by atomic mass is 32.2. The van der Waals surface area contributed by atoms with E-state index in [0.717, 1.165) is 44.9 Å². The molecule has 45 heavy (non-hydrogen) atoms. The maximum absolute atomic E-state index is 12.5. The summed E-state index contributed by atoms with van der Waals surface area (Å²) in [5.74, 6) is -0.899. The van der Waals surface area contributed by atoms with Crippen LogP contribution in [0, 0.1) is 0 Å². The SMILES string of the molecule is CCCCC/C=C\C/C=C\CCCCCCCCCCCC(=O)NC(CS(=O)(=O)O)C(O)CCCCCCCCCCCCC. The number of rotatable bonds is 34. The Morgan fingerprint density at radius 1 is 0.600 bits per heavy atom. The van der Waals surface area contributed by atoms with Crippen molar-refractivity contribution in [1.82, 2.24) is 5.32 Å². The van der Waals surface area contributed by atoms with Crippen LogP contribution in [0.3, 0.4) is 0 Å². The zero-order chi connectivity index (χ0) is 33.3. The third kappa shape index (κ3) is 34.0. The Morgan fingerprint density at radius 2 is 1.00 bits per heavy atom. The van der Waals surface area contributed by atoms with E-state index in [2.05, 4.69) is 43.5 Å². The molecule has 0 heterocycles. The van der Waals surface area contributed by atoms with Crippen molar-refractivity contribution >= 4 is 16.0 Å². The first-order valence-corrected chi connectivity index (χ1v) is 20.6. The molecule has 7 heteroatoms. The maximum Gasteiger partial charge on any atom is 0.266 e. The molecule has 0 radical (unpaired) electrons. The number of unbranched alkanes of at least 4 members (excludes halogenated alkanes) is 22. The molecule has 0 aliphatic heterocycles. The van der Waals surface area contributed by atoms with Gasteiger partial charge in [-0.05, 0) is 44.9 Å². The van der Waals surface area contributed by atoms with Crippen LogP contribution in [0.1, 0.15) is 194 Å². The fraction of sp³-hybridized carbons (Fsp3) is 0.868. The third-order valence-corrected chi connectivity index (χ3v) is 9.44. The standard InChI is InChI=1S/C38H73NO5S/c1-3-5-7-9-11-13-15-16-17-18-19-20-21-22-24-26-28-30-32-34-38(41)39-36(35-45(42,43)44)37(40)33-31-29-27-25-23-14-12-10-8-6-4-2/h11,13,16-17,36-37,40H,3-10,12,14-15,18-35H2,1-2H3,(H,39,41)(H,42,43,44)/b13-11-,17-16-. The van der Waals surface area contributed by atoms with Gasteiger partial charge in [0.15, 0.2) is 0 Å². The van der Waals surface area contributed by atoms with E-state index in [1.807, 2.05) is 0 Å². The van der Waals surface area contributed by atoms with Gasteiger partial charge < -0.3 is 10.4 Å². The summed E-state index contributed by atoms with van der Waals surface area (Å²) >= 11 is 0. The van der Waals surface area contributed by atoms with Gasteiger partial charge in [0.05, 0.1) is 17.9 Å². The number of allylic oxidation sites excluding steroid dienone is 4. The minimum atomic E-state index is -4.30. The second-order valence-corrected chi connectivity index (χ2v) is 14.7. The van der Waals surface area contributed by atoms with Gasteiger partial charge in [-0.2, -0.15) is 8.42 Å². The van der Waals surface area contributed by atoms with Crippen LogP contribution in [0.15, 0.2) is 24.3 Å². The first-order valence-electron chi connectivity index (χ1n) is 19.0. The molecular formula is C38H73NO5S. The summed E-state index contributed by atoms with van der Waals surface area (Å²) in [5.41, 5.74) is 0. The molecule has 0 saturated carbocycles. The Hall–Kier alpha value is -1.18. The summed E-state index contributed by atoms with van der Waals surface area (Å²) < 4.78 is 32.4. The van der Waals surface area contributed by atoms with Crippen molar-refractivity contribution in [1.29, 1.82) is 0 Å². The zero-order valence-corrected chi connectivity index (χ0v) is 30.3. The normalized spacial score (nSPS) is 13.6. The van der Waals surface area contributed by atoms with Crippen LogP contribution in [0.4, 0.5) is 0 Å². The van der Waals surface area contributed by atoms with Crippen LogP contribution in [0.5, 0.6) is 0 Å². The minimum absolute atomic E-state index is 0.251. The molecule has 0 rings (SSSR count). The van der Waals surface area contributed by atoms with Gasteiger partial charge >= 0.3 is 0 Å². The van der Waals surface area contributed by atoms with Crippen molar-refractivity contribution in [3.05, 3.63) is 24.3 Å². The molecule has 0 aromatic carbocycles. The number of carbonyl (C=O) groups excluding carboxylic acids is 1. The first kappa shape index (κ1) is 43.8. The molecule has 0 saturated heterocycles. The number of amides is 1. The van der Waals surface area contributed by atoms with Crippen molar-refractivity contribution < 1.29 is 22.9 Å². The van der Waals surface area contributed by atoms with E-state index in [-0.39, 0.29) is 5.91 Å². The lowest BCUT2D eigenvalue weighted by atomic mass is 10.0. The van der Waals surface area contributed by atoms with Gasteiger partial charge in [0.2, 0.25) is 5.91 Å². The molecule has 0 fully saturated rings. The number of aliphatic hydroxyl groups is 1. The molecule has 0 aromatic rings. The second-order valence-electron chi connectivity index (χ2n) is 13.2. The van der Waals surface area contributed by atoms with Crippen LogP contribution in [0.25, 0.3) is 0 Å². The Balaban J connectivity index is 3.87. The van der Waals surface area contributed by atoms with Crippen molar-refractivity contribution in [2.24, 2.45) is 0 Å². The summed E-state index contributed by atoms with van der Waals surface area (Å²) in [5, 5.41) is 13.3. The molecule has 0 aliphatic carbocycles. The maximum atomic E-state index is 12.5. The lowest BCUT2D eigenvalue weighted by molar-refractivity contribution is -0.122. The second kappa shape index (κ2) is 32.7. The smallest absolute Gasteiger partial charge is 0.266 e. The number of hydrogen-bond acceptors (Lipinski definition) is 4. The molecule has 0 bridgehead atoms. The molecular weight excluding hydrogens is 582 g/mol. The van der Waals surface area contributed by atoms with E-state index in [9.17, 15) is 22.9 Å². The largest absolute Gasteiger partial charge is 0.391 e. The van der Waals surface area contributed by atoms with Crippen LogP contribution in [-0.4, -0.2) is 41.9 Å². The van der Waals surface area contributed by atoms with E-state index in [4.69, 9.17) is 0 Å². The van der Waals surface area contributed by atoms with Gasteiger partial charge in [-0.25, -0.2) is 0 Å². The van der Waals surface area contributed by atoms with Gasteiger partial charge in [0.1, 0.15) is 0 Å². The van der Waals surface area contributed by atoms with Crippen molar-refractivity contribution in [2.75, 3.05) is 5.75 Å². The number of aliphatic hydroxyl groups excluding tert-OH is 1. The third-order valence-electron chi connectivity index (χ3n) is 8.66. The summed E-state index contributed by atoms with van der Waals surface area (Å²) in [6, 6.07) is -0.969. The van der Waals surface area contributed by atoms with Gasteiger partial charge in [0, 0.05) is 6.42 Å². The summed E-state index contributed by atoms with van der Waals surface area (Å²) in [7, 11) is -4.30. The van der Waals surface area contributed by atoms with Crippen LogP contribution in [0.2, 0.25) is 0 Å². The summed E-state index contributed by atoms with van der Waals surface area (Å²) in [6.07, 6.45) is 39.8.